The topological polar surface area (TPSA) is 49.4 Å². The summed E-state index contributed by atoms with van der Waals surface area (Å²) >= 11 is 0. The van der Waals surface area contributed by atoms with Crippen molar-refractivity contribution in [3.05, 3.63) is 71.3 Å². The molecule has 2 aromatic carbocycles. The SMILES string of the molecule is C=C1c2ccccc2C(=O)N1CCC(=O)Nc1cc(C(F)(F)F)cc(C(F)(F)F)c1. The van der Waals surface area contributed by atoms with Crippen molar-refractivity contribution in [2.45, 2.75) is 18.8 Å². The second kappa shape index (κ2) is 7.51. The zero-order chi connectivity index (χ0) is 22.3. The van der Waals surface area contributed by atoms with E-state index >= 15 is 0 Å². The normalized spacial score (nSPS) is 14.1. The largest absolute Gasteiger partial charge is 0.416 e. The van der Waals surface area contributed by atoms with Crippen molar-refractivity contribution in [2.75, 3.05) is 11.9 Å². The van der Waals surface area contributed by atoms with Crippen LogP contribution in [0.3, 0.4) is 0 Å². The molecule has 0 saturated heterocycles. The van der Waals surface area contributed by atoms with Gasteiger partial charge in [0.05, 0.1) is 11.1 Å². The predicted molar refractivity (Wildman–Crippen MR) is 96.2 cm³/mol. The van der Waals surface area contributed by atoms with Gasteiger partial charge in [-0.1, -0.05) is 24.8 Å². The van der Waals surface area contributed by atoms with Gasteiger partial charge in [-0.3, -0.25) is 9.59 Å². The summed E-state index contributed by atoms with van der Waals surface area (Å²) in [7, 11) is 0. The molecule has 10 heteroatoms. The number of alkyl halides is 6. The molecule has 0 saturated carbocycles. The number of halogens is 6. The van der Waals surface area contributed by atoms with Crippen molar-refractivity contribution in [3.8, 4) is 0 Å². The highest BCUT2D eigenvalue weighted by Gasteiger charge is 2.37. The van der Waals surface area contributed by atoms with Gasteiger partial charge in [0, 0.05) is 35.5 Å². The molecule has 2 aromatic rings. The average molecular weight is 428 g/mol. The lowest BCUT2D eigenvalue weighted by molar-refractivity contribution is -0.143. The molecule has 1 N–H and O–H groups in total. The van der Waals surface area contributed by atoms with E-state index in [1.807, 2.05) is 5.32 Å². The molecule has 0 atom stereocenters. The van der Waals surface area contributed by atoms with Crippen molar-refractivity contribution in [3.63, 3.8) is 0 Å². The van der Waals surface area contributed by atoms with E-state index in [9.17, 15) is 35.9 Å². The maximum Gasteiger partial charge on any atom is 0.416 e. The Labute approximate surface area is 166 Å². The maximum absolute atomic E-state index is 12.9. The van der Waals surface area contributed by atoms with Crippen LogP contribution in [0, 0.1) is 0 Å². The number of anilines is 1. The van der Waals surface area contributed by atoms with Crippen LogP contribution >= 0.6 is 0 Å². The maximum atomic E-state index is 12.9. The molecular formula is C20H14F6N2O2. The van der Waals surface area contributed by atoms with E-state index in [2.05, 4.69) is 6.58 Å². The van der Waals surface area contributed by atoms with E-state index in [0.717, 1.165) is 0 Å². The van der Waals surface area contributed by atoms with Crippen molar-refractivity contribution >= 4 is 23.2 Å². The smallest absolute Gasteiger partial charge is 0.326 e. The van der Waals surface area contributed by atoms with Gasteiger partial charge in [-0.05, 0) is 24.3 Å². The second-order valence-electron chi connectivity index (χ2n) is 6.54. The van der Waals surface area contributed by atoms with Crippen LogP contribution in [0.15, 0.2) is 49.0 Å². The number of nitrogens with zero attached hydrogens (tertiary/aromatic N) is 1. The first-order valence-corrected chi connectivity index (χ1v) is 8.57. The number of hydrogen-bond acceptors (Lipinski definition) is 2. The minimum Gasteiger partial charge on any atom is -0.326 e. The third-order valence-electron chi connectivity index (χ3n) is 4.47. The summed E-state index contributed by atoms with van der Waals surface area (Å²) in [4.78, 5) is 25.7. The summed E-state index contributed by atoms with van der Waals surface area (Å²) in [5.74, 6) is -1.24. The second-order valence-corrected chi connectivity index (χ2v) is 6.54. The van der Waals surface area contributed by atoms with Crippen LogP contribution in [0.1, 0.15) is 33.5 Å². The van der Waals surface area contributed by atoms with Crippen LogP contribution in [0.5, 0.6) is 0 Å². The quantitative estimate of drug-likeness (QED) is 0.683. The third kappa shape index (κ3) is 4.32. The van der Waals surface area contributed by atoms with Crippen LogP contribution in [0.25, 0.3) is 5.70 Å². The van der Waals surface area contributed by atoms with Crippen LogP contribution < -0.4 is 5.32 Å². The lowest BCUT2D eigenvalue weighted by atomic mass is 10.1. The Kier molecular flexibility index (Phi) is 5.36. The number of rotatable bonds is 4. The number of fused-ring (bicyclic) bond motifs is 1. The van der Waals surface area contributed by atoms with Gasteiger partial charge in [0.15, 0.2) is 0 Å². The van der Waals surface area contributed by atoms with E-state index in [1.165, 1.54) is 4.90 Å². The monoisotopic (exact) mass is 428 g/mol. The van der Waals surface area contributed by atoms with Gasteiger partial charge in [0.25, 0.3) is 5.91 Å². The lowest BCUT2D eigenvalue weighted by Crippen LogP contribution is -2.27. The van der Waals surface area contributed by atoms with Gasteiger partial charge in [-0.2, -0.15) is 26.3 Å². The highest BCUT2D eigenvalue weighted by Crippen LogP contribution is 2.37. The molecule has 1 aliphatic heterocycles. The number of carbonyl (C=O) groups is 2. The van der Waals surface area contributed by atoms with Crippen molar-refractivity contribution in [1.29, 1.82) is 0 Å². The number of amides is 2. The van der Waals surface area contributed by atoms with Crippen LogP contribution in [0.4, 0.5) is 32.0 Å². The first-order valence-electron chi connectivity index (χ1n) is 8.57. The highest BCUT2D eigenvalue weighted by atomic mass is 19.4. The van der Waals surface area contributed by atoms with Crippen LogP contribution in [-0.4, -0.2) is 23.3 Å². The summed E-state index contributed by atoms with van der Waals surface area (Å²) in [6.45, 7) is 3.65. The van der Waals surface area contributed by atoms with Gasteiger partial charge in [0.2, 0.25) is 5.91 Å². The molecular weight excluding hydrogens is 414 g/mol. The van der Waals surface area contributed by atoms with Gasteiger partial charge < -0.3 is 10.2 Å². The van der Waals surface area contributed by atoms with Crippen molar-refractivity contribution in [1.82, 2.24) is 4.90 Å². The standard InChI is InChI=1S/C20H14F6N2O2/c1-11-15-4-2-3-5-16(15)18(30)28(11)7-6-17(29)27-14-9-12(19(21,22)23)8-13(10-14)20(24,25)26/h2-5,8-10H,1,6-7H2,(H,27,29). The molecule has 0 aliphatic carbocycles. The third-order valence-corrected chi connectivity index (χ3v) is 4.47. The van der Waals surface area contributed by atoms with Gasteiger partial charge in [-0.15, -0.1) is 0 Å². The first-order chi connectivity index (χ1) is 13.9. The van der Waals surface area contributed by atoms with Crippen molar-refractivity contribution < 1.29 is 35.9 Å². The minimum atomic E-state index is -5.02. The molecule has 0 unspecified atom stereocenters. The Morgan fingerprint density at radius 2 is 1.47 bits per heavy atom. The molecule has 30 heavy (non-hydrogen) atoms. The fraction of sp³-hybridized carbons (Fsp3) is 0.200. The molecule has 0 spiro atoms. The van der Waals surface area contributed by atoms with E-state index in [1.54, 1.807) is 24.3 Å². The van der Waals surface area contributed by atoms with E-state index in [-0.39, 0.29) is 24.9 Å². The zero-order valence-electron chi connectivity index (χ0n) is 15.2. The molecule has 0 aromatic heterocycles. The Balaban J connectivity index is 1.73. The van der Waals surface area contributed by atoms with Crippen molar-refractivity contribution in [2.24, 2.45) is 0 Å². The van der Waals surface area contributed by atoms with Crippen LogP contribution in [-0.2, 0) is 17.1 Å². The Hall–Kier alpha value is -3.30. The number of hydrogen-bond donors (Lipinski definition) is 1. The molecule has 0 fully saturated rings. The first kappa shape index (κ1) is 21.4. The van der Waals surface area contributed by atoms with Crippen LogP contribution in [0.2, 0.25) is 0 Å². The molecule has 1 heterocycles. The van der Waals surface area contributed by atoms with Gasteiger partial charge >= 0.3 is 12.4 Å². The number of nitrogens with one attached hydrogen (secondary N) is 1. The van der Waals surface area contributed by atoms with E-state index in [0.29, 0.717) is 29.0 Å². The van der Waals surface area contributed by atoms with E-state index in [4.69, 9.17) is 0 Å². The molecule has 2 amide bonds. The van der Waals surface area contributed by atoms with Gasteiger partial charge in [-0.25, -0.2) is 0 Å². The van der Waals surface area contributed by atoms with Gasteiger partial charge in [0.1, 0.15) is 0 Å². The van der Waals surface area contributed by atoms with E-state index < -0.39 is 35.1 Å². The molecule has 1 aliphatic rings. The summed E-state index contributed by atoms with van der Waals surface area (Å²) in [6.07, 6.45) is -10.4. The fourth-order valence-corrected chi connectivity index (χ4v) is 3.04. The molecule has 158 valence electrons. The minimum absolute atomic E-state index is 0.0280. The lowest BCUT2D eigenvalue weighted by Gasteiger charge is -2.18. The Bertz CT molecular complexity index is 959. The molecule has 0 radical (unpaired) electrons. The summed E-state index contributed by atoms with van der Waals surface area (Å²) in [6, 6.07) is 7.44. The summed E-state index contributed by atoms with van der Waals surface area (Å²) in [5.41, 5.74) is -2.36. The highest BCUT2D eigenvalue weighted by molar-refractivity contribution is 6.09. The molecule has 3 rings (SSSR count). The zero-order valence-corrected chi connectivity index (χ0v) is 15.2. The fourth-order valence-electron chi connectivity index (χ4n) is 3.04. The predicted octanol–water partition coefficient (Wildman–Crippen LogP) is 5.18. The summed E-state index contributed by atoms with van der Waals surface area (Å²) < 4.78 is 77.4. The molecule has 0 bridgehead atoms. The Morgan fingerprint density at radius 1 is 0.933 bits per heavy atom. The average Bonchev–Trinajstić information content (AvgIpc) is 2.89. The number of benzene rings is 2. The summed E-state index contributed by atoms with van der Waals surface area (Å²) in [5, 5.41) is 2.04. The molecule has 4 nitrogen and oxygen atoms in total. The number of carbonyl (C=O) groups excluding carboxylic acids is 2. The Morgan fingerprint density at radius 3 is 1.97 bits per heavy atom.